The van der Waals surface area contributed by atoms with Crippen molar-refractivity contribution < 1.29 is 4.79 Å². The predicted octanol–water partition coefficient (Wildman–Crippen LogP) is 6.14. The van der Waals surface area contributed by atoms with Crippen LogP contribution in [-0.4, -0.2) is 11.5 Å². The van der Waals surface area contributed by atoms with E-state index in [9.17, 15) is 4.79 Å². The molecule has 0 atom stereocenters. The van der Waals surface area contributed by atoms with Gasteiger partial charge in [0.2, 0.25) is 0 Å². The van der Waals surface area contributed by atoms with Crippen LogP contribution >= 0.6 is 35.0 Å². The number of thioether (sulfide) groups is 1. The van der Waals surface area contributed by atoms with Crippen LogP contribution in [0, 0.1) is 0 Å². The Labute approximate surface area is 139 Å². The molecule has 0 aromatic heterocycles. The Balaban J connectivity index is 1.66. The van der Waals surface area contributed by atoms with Crippen molar-refractivity contribution in [3.8, 4) is 0 Å². The monoisotopic (exact) mass is 338 g/mol. The SMILES string of the molecule is O=C(CCCCSc1ccc(Cl)cc1)c1ccc(Cl)cc1. The second kappa shape index (κ2) is 8.47. The van der Waals surface area contributed by atoms with E-state index in [1.165, 1.54) is 4.90 Å². The number of Topliss-reactive ketones (excluding diaryl/α,β-unsaturated/α-hetero) is 1. The smallest absolute Gasteiger partial charge is 0.162 e. The van der Waals surface area contributed by atoms with E-state index in [0.29, 0.717) is 11.4 Å². The van der Waals surface area contributed by atoms with Gasteiger partial charge in [-0.3, -0.25) is 4.79 Å². The summed E-state index contributed by atoms with van der Waals surface area (Å²) < 4.78 is 0. The molecule has 0 fully saturated rings. The van der Waals surface area contributed by atoms with Gasteiger partial charge in [0.25, 0.3) is 0 Å². The highest BCUT2D eigenvalue weighted by atomic mass is 35.5. The lowest BCUT2D eigenvalue weighted by Crippen LogP contribution is -1.98. The Bertz CT molecular complexity index is 579. The van der Waals surface area contributed by atoms with Crippen molar-refractivity contribution in [2.45, 2.75) is 24.2 Å². The first-order valence-electron chi connectivity index (χ1n) is 6.82. The molecule has 0 unspecified atom stereocenters. The van der Waals surface area contributed by atoms with Crippen LogP contribution < -0.4 is 0 Å². The van der Waals surface area contributed by atoms with Gasteiger partial charge in [0.15, 0.2) is 5.78 Å². The second-order valence-corrected chi connectivity index (χ2v) is 6.73. The number of unbranched alkanes of at least 4 members (excludes halogenated alkanes) is 1. The number of halogens is 2. The van der Waals surface area contributed by atoms with E-state index in [1.54, 1.807) is 36.0 Å². The van der Waals surface area contributed by atoms with Crippen molar-refractivity contribution in [2.75, 3.05) is 5.75 Å². The Kier molecular flexibility index (Phi) is 6.62. The molecule has 0 saturated carbocycles. The lowest BCUT2D eigenvalue weighted by Gasteiger charge is -2.03. The number of hydrogen-bond acceptors (Lipinski definition) is 2. The zero-order valence-corrected chi connectivity index (χ0v) is 13.8. The second-order valence-electron chi connectivity index (χ2n) is 4.69. The van der Waals surface area contributed by atoms with Crippen LogP contribution in [0.3, 0.4) is 0 Å². The molecule has 0 N–H and O–H groups in total. The molecule has 4 heteroatoms. The highest BCUT2D eigenvalue weighted by molar-refractivity contribution is 7.99. The van der Waals surface area contributed by atoms with Crippen LogP contribution in [0.25, 0.3) is 0 Å². The Morgan fingerprint density at radius 1 is 0.857 bits per heavy atom. The van der Waals surface area contributed by atoms with Gasteiger partial charge in [-0.25, -0.2) is 0 Å². The normalized spacial score (nSPS) is 10.6. The van der Waals surface area contributed by atoms with Crippen LogP contribution in [0.5, 0.6) is 0 Å². The minimum absolute atomic E-state index is 0.183. The van der Waals surface area contributed by atoms with Crippen LogP contribution in [0.2, 0.25) is 10.0 Å². The highest BCUT2D eigenvalue weighted by Gasteiger charge is 2.05. The number of carbonyl (C=O) groups is 1. The fourth-order valence-electron chi connectivity index (χ4n) is 1.89. The van der Waals surface area contributed by atoms with E-state index in [4.69, 9.17) is 23.2 Å². The summed E-state index contributed by atoms with van der Waals surface area (Å²) in [6, 6.07) is 14.9. The Hall–Kier alpha value is -0.960. The molecule has 0 aliphatic heterocycles. The third-order valence-corrected chi connectivity index (χ3v) is 4.65. The van der Waals surface area contributed by atoms with Gasteiger partial charge >= 0.3 is 0 Å². The average Bonchev–Trinajstić information content (AvgIpc) is 2.49. The number of ketones is 1. The maximum absolute atomic E-state index is 12.0. The first-order chi connectivity index (χ1) is 10.1. The van der Waals surface area contributed by atoms with Crippen LogP contribution in [0.4, 0.5) is 0 Å². The molecule has 2 aromatic carbocycles. The number of rotatable bonds is 7. The average molecular weight is 339 g/mol. The minimum Gasteiger partial charge on any atom is -0.294 e. The first-order valence-corrected chi connectivity index (χ1v) is 8.56. The first kappa shape index (κ1) is 16.4. The van der Waals surface area contributed by atoms with Gasteiger partial charge < -0.3 is 0 Å². The van der Waals surface area contributed by atoms with Crippen LogP contribution in [-0.2, 0) is 0 Å². The quantitative estimate of drug-likeness (QED) is 0.342. The van der Waals surface area contributed by atoms with Gasteiger partial charge in [0.1, 0.15) is 0 Å². The molecule has 0 radical (unpaired) electrons. The van der Waals surface area contributed by atoms with E-state index < -0.39 is 0 Å². The summed E-state index contributed by atoms with van der Waals surface area (Å²) in [5.41, 5.74) is 0.741. The number of carbonyl (C=O) groups excluding carboxylic acids is 1. The maximum Gasteiger partial charge on any atom is 0.162 e. The standard InChI is InChI=1S/C17H16Cl2OS/c18-14-6-4-13(5-7-14)17(20)3-1-2-12-21-16-10-8-15(19)9-11-16/h4-11H,1-3,12H2. The molecule has 2 aromatic rings. The molecule has 1 nitrogen and oxygen atoms in total. The predicted molar refractivity (Wildman–Crippen MR) is 91.8 cm³/mol. The third-order valence-electron chi connectivity index (χ3n) is 3.05. The summed E-state index contributed by atoms with van der Waals surface area (Å²) in [5.74, 6) is 1.19. The highest BCUT2D eigenvalue weighted by Crippen LogP contribution is 2.22. The summed E-state index contributed by atoms with van der Waals surface area (Å²) in [5, 5.41) is 1.42. The number of hydrogen-bond donors (Lipinski definition) is 0. The number of benzene rings is 2. The minimum atomic E-state index is 0.183. The van der Waals surface area contributed by atoms with E-state index >= 15 is 0 Å². The topological polar surface area (TPSA) is 17.1 Å². The van der Waals surface area contributed by atoms with E-state index in [1.807, 2.05) is 24.3 Å². The molecule has 0 heterocycles. The lowest BCUT2D eigenvalue weighted by atomic mass is 10.1. The van der Waals surface area contributed by atoms with Crippen molar-refractivity contribution in [1.29, 1.82) is 0 Å². The van der Waals surface area contributed by atoms with E-state index in [0.717, 1.165) is 29.2 Å². The van der Waals surface area contributed by atoms with Crippen molar-refractivity contribution in [3.63, 3.8) is 0 Å². The molecular weight excluding hydrogens is 323 g/mol. The largest absolute Gasteiger partial charge is 0.294 e. The molecular formula is C17H16Cl2OS. The molecule has 0 bridgehead atoms. The van der Waals surface area contributed by atoms with Crippen molar-refractivity contribution >= 4 is 40.7 Å². The van der Waals surface area contributed by atoms with Gasteiger partial charge in [-0.2, -0.15) is 0 Å². The molecule has 110 valence electrons. The molecule has 0 aliphatic rings. The molecule has 21 heavy (non-hydrogen) atoms. The van der Waals surface area contributed by atoms with Crippen molar-refractivity contribution in [2.24, 2.45) is 0 Å². The fraction of sp³-hybridized carbons (Fsp3) is 0.235. The zero-order valence-electron chi connectivity index (χ0n) is 11.5. The van der Waals surface area contributed by atoms with Gasteiger partial charge in [0, 0.05) is 26.9 Å². The molecule has 2 rings (SSSR count). The van der Waals surface area contributed by atoms with Crippen molar-refractivity contribution in [3.05, 3.63) is 64.1 Å². The summed E-state index contributed by atoms with van der Waals surface area (Å²) in [6.07, 6.45) is 2.51. The summed E-state index contributed by atoms with van der Waals surface area (Å²) in [7, 11) is 0. The van der Waals surface area contributed by atoms with Gasteiger partial charge in [-0.15, -0.1) is 11.8 Å². The molecule has 0 amide bonds. The van der Waals surface area contributed by atoms with Crippen LogP contribution in [0.1, 0.15) is 29.6 Å². The molecule has 0 saturated heterocycles. The fourth-order valence-corrected chi connectivity index (χ4v) is 3.05. The van der Waals surface area contributed by atoms with Gasteiger partial charge in [0.05, 0.1) is 0 Å². The summed E-state index contributed by atoms with van der Waals surface area (Å²) in [4.78, 5) is 13.2. The van der Waals surface area contributed by atoms with Gasteiger partial charge in [-0.05, 0) is 67.1 Å². The maximum atomic E-state index is 12.0. The molecule has 0 spiro atoms. The van der Waals surface area contributed by atoms with E-state index in [-0.39, 0.29) is 5.78 Å². The Morgan fingerprint density at radius 2 is 1.43 bits per heavy atom. The summed E-state index contributed by atoms with van der Waals surface area (Å²) >= 11 is 13.4. The van der Waals surface area contributed by atoms with Crippen LogP contribution in [0.15, 0.2) is 53.4 Å². The van der Waals surface area contributed by atoms with Gasteiger partial charge in [-0.1, -0.05) is 23.2 Å². The third kappa shape index (κ3) is 5.74. The van der Waals surface area contributed by atoms with E-state index in [2.05, 4.69) is 0 Å². The summed E-state index contributed by atoms with van der Waals surface area (Å²) in [6.45, 7) is 0. The molecule has 0 aliphatic carbocycles. The lowest BCUT2D eigenvalue weighted by molar-refractivity contribution is 0.0980. The zero-order chi connectivity index (χ0) is 15.1. The van der Waals surface area contributed by atoms with Crippen molar-refractivity contribution in [1.82, 2.24) is 0 Å². The Morgan fingerprint density at radius 3 is 2.05 bits per heavy atom.